The molecule has 4 nitrogen and oxygen atoms in total. The third-order valence-corrected chi connectivity index (χ3v) is 3.39. The van der Waals surface area contributed by atoms with Crippen LogP contribution in [0.1, 0.15) is 32.2 Å². The molecule has 2 aromatic rings. The summed E-state index contributed by atoms with van der Waals surface area (Å²) in [6.07, 6.45) is 0.524. The van der Waals surface area contributed by atoms with Gasteiger partial charge in [0.05, 0.1) is 0 Å². The van der Waals surface area contributed by atoms with Crippen LogP contribution in [-0.2, 0) is 6.42 Å². The van der Waals surface area contributed by atoms with Crippen molar-refractivity contribution >= 4 is 0 Å². The summed E-state index contributed by atoms with van der Waals surface area (Å²) >= 11 is 0. The molecule has 0 aliphatic heterocycles. The maximum Gasteiger partial charge on any atom is 0.228 e. The number of benzene rings is 1. The second-order valence-corrected chi connectivity index (χ2v) is 6.15. The highest BCUT2D eigenvalue weighted by atomic mass is 19.1. The highest BCUT2D eigenvalue weighted by Crippen LogP contribution is 2.22. The van der Waals surface area contributed by atoms with Gasteiger partial charge in [0, 0.05) is 18.0 Å². The molecule has 0 saturated carbocycles. The van der Waals surface area contributed by atoms with Crippen molar-refractivity contribution < 1.29 is 8.91 Å². The number of halogens is 1. The van der Waals surface area contributed by atoms with E-state index < -0.39 is 0 Å². The molecule has 1 heterocycles. The molecule has 1 aromatic heterocycles. The fourth-order valence-electron chi connectivity index (χ4n) is 1.73. The van der Waals surface area contributed by atoms with Crippen molar-refractivity contribution in [3.8, 4) is 11.4 Å². The molecule has 2 rings (SSSR count). The minimum atomic E-state index is -0.243. The lowest BCUT2D eigenvalue weighted by atomic mass is 9.85. The summed E-state index contributed by atoms with van der Waals surface area (Å²) in [4.78, 5) is 4.32. The monoisotopic (exact) mass is 277 g/mol. The van der Waals surface area contributed by atoms with E-state index in [1.165, 1.54) is 6.07 Å². The molecule has 108 valence electrons. The van der Waals surface area contributed by atoms with Crippen LogP contribution in [0.5, 0.6) is 0 Å². The molecular formula is C15H20FN3O. The van der Waals surface area contributed by atoms with Gasteiger partial charge >= 0.3 is 0 Å². The standard InChI is InChI=1S/C15H20FN3O/c1-9-7-10(5-6-11(9)16)14-18-13(20-19-14)8-12(17)15(2,3)4/h5-7,12H,8,17H2,1-4H3. The Balaban J connectivity index is 2.18. The van der Waals surface area contributed by atoms with E-state index in [1.54, 1.807) is 19.1 Å². The van der Waals surface area contributed by atoms with Gasteiger partial charge in [-0.3, -0.25) is 0 Å². The Morgan fingerprint density at radius 3 is 2.65 bits per heavy atom. The summed E-state index contributed by atoms with van der Waals surface area (Å²) in [7, 11) is 0. The summed E-state index contributed by atoms with van der Waals surface area (Å²) in [5.74, 6) is 0.723. The van der Waals surface area contributed by atoms with Crippen molar-refractivity contribution in [1.82, 2.24) is 10.1 Å². The van der Waals surface area contributed by atoms with Gasteiger partial charge in [-0.2, -0.15) is 4.98 Å². The summed E-state index contributed by atoms with van der Waals surface area (Å²) < 4.78 is 18.5. The van der Waals surface area contributed by atoms with Crippen LogP contribution in [0.2, 0.25) is 0 Å². The predicted octanol–water partition coefficient (Wildman–Crippen LogP) is 3.10. The van der Waals surface area contributed by atoms with Gasteiger partial charge in [0.2, 0.25) is 11.7 Å². The summed E-state index contributed by atoms with van der Waals surface area (Å²) in [5.41, 5.74) is 7.37. The fraction of sp³-hybridized carbons (Fsp3) is 0.467. The zero-order valence-electron chi connectivity index (χ0n) is 12.3. The molecule has 1 aromatic carbocycles. The molecule has 0 aliphatic carbocycles. The first-order valence-corrected chi connectivity index (χ1v) is 6.62. The second kappa shape index (κ2) is 5.32. The second-order valence-electron chi connectivity index (χ2n) is 6.15. The van der Waals surface area contributed by atoms with E-state index in [9.17, 15) is 4.39 Å². The molecule has 20 heavy (non-hydrogen) atoms. The molecule has 0 spiro atoms. The van der Waals surface area contributed by atoms with E-state index in [4.69, 9.17) is 10.3 Å². The van der Waals surface area contributed by atoms with Crippen LogP contribution in [-0.4, -0.2) is 16.2 Å². The first-order valence-electron chi connectivity index (χ1n) is 6.62. The lowest BCUT2D eigenvalue weighted by molar-refractivity contribution is 0.286. The number of rotatable bonds is 3. The zero-order valence-corrected chi connectivity index (χ0v) is 12.3. The molecule has 1 atom stereocenters. The van der Waals surface area contributed by atoms with Crippen LogP contribution < -0.4 is 5.73 Å². The molecule has 0 bridgehead atoms. The summed E-state index contributed by atoms with van der Waals surface area (Å²) in [6, 6.07) is 4.68. The van der Waals surface area contributed by atoms with Crippen molar-refractivity contribution in [3.63, 3.8) is 0 Å². The Kier molecular flexibility index (Phi) is 3.90. The minimum absolute atomic E-state index is 0.0267. The normalized spacial score (nSPS) is 13.5. The van der Waals surface area contributed by atoms with E-state index in [0.717, 1.165) is 5.56 Å². The van der Waals surface area contributed by atoms with Gasteiger partial charge in [-0.15, -0.1) is 0 Å². The highest BCUT2D eigenvalue weighted by Gasteiger charge is 2.23. The smallest absolute Gasteiger partial charge is 0.228 e. The lowest BCUT2D eigenvalue weighted by Gasteiger charge is -2.25. The number of hydrogen-bond acceptors (Lipinski definition) is 4. The minimum Gasteiger partial charge on any atom is -0.339 e. The van der Waals surface area contributed by atoms with Gasteiger partial charge in [0.25, 0.3) is 0 Å². The fourth-order valence-corrected chi connectivity index (χ4v) is 1.73. The van der Waals surface area contributed by atoms with E-state index in [-0.39, 0.29) is 17.3 Å². The number of hydrogen-bond donors (Lipinski definition) is 1. The van der Waals surface area contributed by atoms with Gasteiger partial charge in [-0.25, -0.2) is 4.39 Å². The van der Waals surface area contributed by atoms with Crippen LogP contribution in [0.15, 0.2) is 22.7 Å². The van der Waals surface area contributed by atoms with Crippen molar-refractivity contribution in [2.45, 2.75) is 40.2 Å². The van der Waals surface area contributed by atoms with Gasteiger partial charge in [0.15, 0.2) is 0 Å². The lowest BCUT2D eigenvalue weighted by Crippen LogP contribution is -2.36. The van der Waals surface area contributed by atoms with E-state index in [1.807, 2.05) is 0 Å². The third-order valence-electron chi connectivity index (χ3n) is 3.39. The number of aromatic nitrogens is 2. The summed E-state index contributed by atoms with van der Waals surface area (Å²) in [6.45, 7) is 7.91. The largest absolute Gasteiger partial charge is 0.339 e. The highest BCUT2D eigenvalue weighted by molar-refractivity contribution is 5.55. The predicted molar refractivity (Wildman–Crippen MR) is 75.6 cm³/mol. The van der Waals surface area contributed by atoms with Crippen LogP contribution in [0.25, 0.3) is 11.4 Å². The van der Waals surface area contributed by atoms with Crippen LogP contribution in [0.4, 0.5) is 4.39 Å². The average molecular weight is 277 g/mol. The van der Waals surface area contributed by atoms with Crippen LogP contribution in [0.3, 0.4) is 0 Å². The first kappa shape index (κ1) is 14.7. The number of nitrogens with two attached hydrogens (primary N) is 1. The van der Waals surface area contributed by atoms with Crippen LogP contribution >= 0.6 is 0 Å². The Hall–Kier alpha value is -1.75. The molecule has 1 unspecified atom stereocenters. The maximum atomic E-state index is 13.2. The third kappa shape index (κ3) is 3.22. The van der Waals surface area contributed by atoms with E-state index >= 15 is 0 Å². The molecule has 0 saturated heterocycles. The van der Waals surface area contributed by atoms with E-state index in [2.05, 4.69) is 30.9 Å². The molecular weight excluding hydrogens is 257 g/mol. The Labute approximate surface area is 118 Å². The van der Waals surface area contributed by atoms with Gasteiger partial charge in [-0.05, 0) is 36.1 Å². The molecule has 0 radical (unpaired) electrons. The van der Waals surface area contributed by atoms with Gasteiger partial charge < -0.3 is 10.3 Å². The van der Waals surface area contributed by atoms with Crippen molar-refractivity contribution in [2.24, 2.45) is 11.1 Å². The van der Waals surface area contributed by atoms with Crippen molar-refractivity contribution in [1.29, 1.82) is 0 Å². The first-order chi connectivity index (χ1) is 9.27. The quantitative estimate of drug-likeness (QED) is 0.936. The average Bonchev–Trinajstić information content (AvgIpc) is 2.80. The zero-order chi connectivity index (χ0) is 14.9. The van der Waals surface area contributed by atoms with Gasteiger partial charge in [-0.1, -0.05) is 25.9 Å². The Morgan fingerprint density at radius 2 is 2.05 bits per heavy atom. The van der Waals surface area contributed by atoms with Crippen LogP contribution in [0, 0.1) is 18.2 Å². The Morgan fingerprint density at radius 1 is 1.35 bits per heavy atom. The molecule has 2 N–H and O–H groups in total. The van der Waals surface area contributed by atoms with E-state index in [0.29, 0.717) is 23.7 Å². The summed E-state index contributed by atoms with van der Waals surface area (Å²) in [5, 5.41) is 3.93. The molecule has 0 amide bonds. The SMILES string of the molecule is Cc1cc(-c2noc(CC(N)C(C)(C)C)n2)ccc1F. The van der Waals surface area contributed by atoms with Gasteiger partial charge in [0.1, 0.15) is 5.82 Å². The number of aryl methyl sites for hydroxylation is 1. The Bertz CT molecular complexity index is 601. The maximum absolute atomic E-state index is 13.2. The molecule has 5 heteroatoms. The molecule has 0 aliphatic rings. The molecule has 0 fully saturated rings. The topological polar surface area (TPSA) is 64.9 Å². The number of nitrogens with zero attached hydrogens (tertiary/aromatic N) is 2. The van der Waals surface area contributed by atoms with Crippen molar-refractivity contribution in [3.05, 3.63) is 35.5 Å². The van der Waals surface area contributed by atoms with Crippen molar-refractivity contribution in [2.75, 3.05) is 0 Å².